The molecule has 0 aliphatic heterocycles. The van der Waals surface area contributed by atoms with E-state index in [2.05, 4.69) is 16.0 Å². The molecular weight excluding hydrogens is 418 g/mol. The molecule has 0 saturated carbocycles. The Kier molecular flexibility index (Phi) is 11.7. The molecular formula is C17H29N5O9. The molecule has 0 fully saturated rings. The van der Waals surface area contributed by atoms with E-state index >= 15 is 0 Å². The van der Waals surface area contributed by atoms with E-state index in [1.165, 1.54) is 0 Å². The van der Waals surface area contributed by atoms with Gasteiger partial charge in [0.05, 0.1) is 19.1 Å². The molecule has 4 atom stereocenters. The van der Waals surface area contributed by atoms with Gasteiger partial charge in [-0.05, 0) is 12.3 Å². The van der Waals surface area contributed by atoms with E-state index in [1.807, 2.05) is 0 Å². The van der Waals surface area contributed by atoms with Crippen LogP contribution in [0.15, 0.2) is 0 Å². The first-order chi connectivity index (χ1) is 14.3. The second-order valence-corrected chi connectivity index (χ2v) is 7.08. The fourth-order valence-electron chi connectivity index (χ4n) is 2.33. The first-order valence-electron chi connectivity index (χ1n) is 9.30. The Morgan fingerprint density at radius 2 is 1.42 bits per heavy atom. The second kappa shape index (κ2) is 13.1. The van der Waals surface area contributed by atoms with Crippen molar-refractivity contribution in [3.8, 4) is 0 Å². The Bertz CT molecular complexity index is 697. The molecule has 0 aromatic heterocycles. The van der Waals surface area contributed by atoms with Crippen molar-refractivity contribution < 1.29 is 44.1 Å². The summed E-state index contributed by atoms with van der Waals surface area (Å²) < 4.78 is 0. The molecule has 0 aromatic rings. The molecule has 0 aliphatic carbocycles. The predicted octanol–water partition coefficient (Wildman–Crippen LogP) is -3.76. The van der Waals surface area contributed by atoms with Crippen LogP contribution in [0.1, 0.15) is 33.1 Å². The van der Waals surface area contributed by atoms with Crippen LogP contribution in [-0.4, -0.2) is 81.7 Å². The highest BCUT2D eigenvalue weighted by Gasteiger charge is 2.32. The summed E-state index contributed by atoms with van der Waals surface area (Å²) in [7, 11) is 0. The van der Waals surface area contributed by atoms with Gasteiger partial charge in [0, 0.05) is 6.42 Å². The second-order valence-electron chi connectivity index (χ2n) is 7.08. The normalized spacial score (nSPS) is 14.6. The molecule has 4 amide bonds. The van der Waals surface area contributed by atoms with Crippen molar-refractivity contribution in [2.75, 3.05) is 6.61 Å². The molecule has 4 unspecified atom stereocenters. The van der Waals surface area contributed by atoms with Crippen molar-refractivity contribution in [3.05, 3.63) is 0 Å². The lowest BCUT2D eigenvalue weighted by atomic mass is 10.0. The molecule has 14 nitrogen and oxygen atoms in total. The quantitative estimate of drug-likeness (QED) is 0.129. The molecule has 0 spiro atoms. The fraction of sp³-hybridized carbons (Fsp3) is 0.647. The van der Waals surface area contributed by atoms with Gasteiger partial charge >= 0.3 is 11.9 Å². The minimum absolute atomic E-state index is 0.200. The van der Waals surface area contributed by atoms with Crippen LogP contribution in [0.3, 0.4) is 0 Å². The van der Waals surface area contributed by atoms with Crippen molar-refractivity contribution in [1.82, 2.24) is 16.0 Å². The fourth-order valence-corrected chi connectivity index (χ4v) is 2.33. The van der Waals surface area contributed by atoms with E-state index in [0.717, 1.165) is 0 Å². The number of carbonyl (C=O) groups excluding carboxylic acids is 4. The minimum Gasteiger partial charge on any atom is -0.481 e. The van der Waals surface area contributed by atoms with E-state index in [9.17, 15) is 33.9 Å². The highest BCUT2D eigenvalue weighted by atomic mass is 16.4. The van der Waals surface area contributed by atoms with Crippen LogP contribution < -0.4 is 27.4 Å². The number of aliphatic hydroxyl groups is 1. The average Bonchev–Trinajstić information content (AvgIpc) is 2.66. The third-order valence-corrected chi connectivity index (χ3v) is 4.09. The number of aliphatic hydroxyl groups excluding tert-OH is 1. The molecule has 10 N–H and O–H groups in total. The molecule has 0 rings (SSSR count). The van der Waals surface area contributed by atoms with Crippen LogP contribution in [0, 0.1) is 5.92 Å². The van der Waals surface area contributed by atoms with Gasteiger partial charge in [0.1, 0.15) is 18.1 Å². The standard InChI is InChI=1S/C17H29N5O9/c1-7(2)13(16(29)20-9(17(30)31)5-11(19)24)22-15(28)10(6-23)21-14(27)8(18)3-4-12(25)26/h7-10,13,23H,3-6,18H2,1-2H3,(H2,19,24)(H,20,29)(H,21,27)(H,22,28)(H,25,26)(H,30,31). The van der Waals surface area contributed by atoms with Crippen LogP contribution in [-0.2, 0) is 28.8 Å². The van der Waals surface area contributed by atoms with Gasteiger partial charge in [-0.25, -0.2) is 4.79 Å². The third-order valence-electron chi connectivity index (χ3n) is 4.09. The summed E-state index contributed by atoms with van der Waals surface area (Å²) in [6.07, 6.45) is -1.24. The number of aliphatic carboxylic acids is 2. The molecule has 0 saturated heterocycles. The molecule has 31 heavy (non-hydrogen) atoms. The maximum absolute atomic E-state index is 12.4. The Balaban J connectivity index is 5.16. The van der Waals surface area contributed by atoms with E-state index in [4.69, 9.17) is 21.7 Å². The van der Waals surface area contributed by atoms with Crippen LogP contribution in [0.2, 0.25) is 0 Å². The smallest absolute Gasteiger partial charge is 0.326 e. The maximum Gasteiger partial charge on any atom is 0.326 e. The zero-order valence-electron chi connectivity index (χ0n) is 17.2. The average molecular weight is 447 g/mol. The zero-order chi connectivity index (χ0) is 24.3. The van der Waals surface area contributed by atoms with Gasteiger partial charge in [-0.15, -0.1) is 0 Å². The van der Waals surface area contributed by atoms with Crippen molar-refractivity contribution >= 4 is 35.6 Å². The largest absolute Gasteiger partial charge is 0.481 e. The number of rotatable bonds is 14. The number of hydrogen-bond donors (Lipinski definition) is 8. The van der Waals surface area contributed by atoms with Gasteiger partial charge in [0.25, 0.3) is 0 Å². The van der Waals surface area contributed by atoms with Crippen LogP contribution in [0.4, 0.5) is 0 Å². The number of carboxylic acid groups (broad SMARTS) is 2. The summed E-state index contributed by atoms with van der Waals surface area (Å²) in [5.74, 6) is -6.93. The van der Waals surface area contributed by atoms with Gasteiger partial charge in [-0.2, -0.15) is 0 Å². The Hall–Kier alpha value is -3.26. The lowest BCUT2D eigenvalue weighted by molar-refractivity contribution is -0.144. The number of carbonyl (C=O) groups is 6. The summed E-state index contributed by atoms with van der Waals surface area (Å²) in [6.45, 7) is 2.24. The summed E-state index contributed by atoms with van der Waals surface area (Å²) in [5.41, 5.74) is 10.5. The van der Waals surface area contributed by atoms with Gasteiger partial charge in [-0.1, -0.05) is 13.8 Å². The van der Waals surface area contributed by atoms with Crippen molar-refractivity contribution in [2.24, 2.45) is 17.4 Å². The zero-order valence-corrected chi connectivity index (χ0v) is 17.2. The molecule has 0 heterocycles. The van der Waals surface area contributed by atoms with Crippen molar-refractivity contribution in [3.63, 3.8) is 0 Å². The Morgan fingerprint density at radius 3 is 1.84 bits per heavy atom. The molecule has 14 heteroatoms. The van der Waals surface area contributed by atoms with E-state index < -0.39 is 78.7 Å². The Labute approximate surface area is 177 Å². The monoisotopic (exact) mass is 447 g/mol. The van der Waals surface area contributed by atoms with E-state index in [1.54, 1.807) is 13.8 Å². The van der Waals surface area contributed by atoms with E-state index in [0.29, 0.717) is 0 Å². The number of amides is 4. The summed E-state index contributed by atoms with van der Waals surface area (Å²) >= 11 is 0. The topological polar surface area (TPSA) is 251 Å². The number of primary amides is 1. The van der Waals surface area contributed by atoms with Gasteiger partial charge in [0.2, 0.25) is 23.6 Å². The third kappa shape index (κ3) is 10.4. The SMILES string of the molecule is CC(C)C(NC(=O)C(CO)NC(=O)C(N)CCC(=O)O)C(=O)NC(CC(N)=O)C(=O)O. The highest BCUT2D eigenvalue weighted by Crippen LogP contribution is 2.05. The molecule has 0 bridgehead atoms. The maximum atomic E-state index is 12.4. The number of hydrogen-bond acceptors (Lipinski definition) is 8. The molecule has 0 radical (unpaired) electrons. The first-order valence-corrected chi connectivity index (χ1v) is 9.30. The van der Waals surface area contributed by atoms with Gasteiger partial charge < -0.3 is 42.7 Å². The van der Waals surface area contributed by atoms with E-state index in [-0.39, 0.29) is 12.8 Å². The highest BCUT2D eigenvalue weighted by molar-refractivity contribution is 5.95. The Morgan fingerprint density at radius 1 is 0.871 bits per heavy atom. The van der Waals surface area contributed by atoms with Gasteiger partial charge in [-0.3, -0.25) is 24.0 Å². The molecule has 176 valence electrons. The summed E-state index contributed by atoms with van der Waals surface area (Å²) in [6, 6.07) is -5.62. The molecule has 0 aromatic carbocycles. The number of nitrogens with one attached hydrogen (secondary N) is 3. The lowest BCUT2D eigenvalue weighted by Crippen LogP contribution is -2.59. The lowest BCUT2D eigenvalue weighted by Gasteiger charge is -2.26. The van der Waals surface area contributed by atoms with Crippen LogP contribution >= 0.6 is 0 Å². The number of nitrogens with two attached hydrogens (primary N) is 2. The van der Waals surface area contributed by atoms with Crippen LogP contribution in [0.5, 0.6) is 0 Å². The number of carboxylic acids is 2. The minimum atomic E-state index is -1.61. The van der Waals surface area contributed by atoms with Crippen molar-refractivity contribution in [2.45, 2.75) is 57.3 Å². The summed E-state index contributed by atoms with van der Waals surface area (Å²) in [4.78, 5) is 69.6. The van der Waals surface area contributed by atoms with Crippen LogP contribution in [0.25, 0.3) is 0 Å². The van der Waals surface area contributed by atoms with Gasteiger partial charge in [0.15, 0.2) is 0 Å². The predicted molar refractivity (Wildman–Crippen MR) is 104 cm³/mol. The first kappa shape index (κ1) is 27.7. The van der Waals surface area contributed by atoms with Crippen molar-refractivity contribution in [1.29, 1.82) is 0 Å². The molecule has 0 aliphatic rings. The summed E-state index contributed by atoms with van der Waals surface area (Å²) in [5, 5.41) is 33.7.